The third kappa shape index (κ3) is 4.90. The van der Waals surface area contributed by atoms with E-state index in [0.717, 1.165) is 50.0 Å². The summed E-state index contributed by atoms with van der Waals surface area (Å²) in [6, 6.07) is 11.1. The Morgan fingerprint density at radius 2 is 1.80 bits per heavy atom. The van der Waals surface area contributed by atoms with Gasteiger partial charge in [-0.2, -0.15) is 0 Å². The average molecular weight is 340 g/mol. The van der Waals surface area contributed by atoms with Gasteiger partial charge in [-0.15, -0.1) is 0 Å². The first-order chi connectivity index (χ1) is 12.1. The van der Waals surface area contributed by atoms with Gasteiger partial charge in [0.2, 0.25) is 0 Å². The first-order valence-electron chi connectivity index (χ1n) is 8.96. The molecular formula is C19H28N6. The number of hydrogen-bond donors (Lipinski definition) is 2. The van der Waals surface area contributed by atoms with E-state index in [1.807, 2.05) is 13.1 Å². The first kappa shape index (κ1) is 17.6. The molecule has 2 N–H and O–H groups in total. The Kier molecular flexibility index (Phi) is 5.83. The maximum absolute atomic E-state index is 4.27. The summed E-state index contributed by atoms with van der Waals surface area (Å²) in [5, 5.41) is 6.39. The lowest BCUT2D eigenvalue weighted by molar-refractivity contribution is 0.104. The number of nitrogens with one attached hydrogen (secondary N) is 2. The zero-order chi connectivity index (χ0) is 17.6. The Hall–Kier alpha value is -2.18. The highest BCUT2D eigenvalue weighted by Crippen LogP contribution is 2.19. The Labute approximate surface area is 150 Å². The molecule has 2 heterocycles. The lowest BCUT2D eigenvalue weighted by Crippen LogP contribution is -2.48. The van der Waals surface area contributed by atoms with E-state index in [4.69, 9.17) is 0 Å². The van der Waals surface area contributed by atoms with Gasteiger partial charge in [-0.05, 0) is 31.5 Å². The molecule has 0 unspecified atom stereocenters. The smallest absolute Gasteiger partial charge is 0.135 e. The second kappa shape index (κ2) is 8.27. The van der Waals surface area contributed by atoms with Crippen LogP contribution in [0.1, 0.15) is 19.4 Å². The Bertz CT molecular complexity index is 679. The van der Waals surface area contributed by atoms with Gasteiger partial charge < -0.3 is 10.6 Å². The average Bonchev–Trinajstić information content (AvgIpc) is 2.62. The predicted molar refractivity (Wildman–Crippen MR) is 103 cm³/mol. The molecule has 0 aliphatic carbocycles. The number of benzene rings is 1. The molecule has 0 atom stereocenters. The fourth-order valence-electron chi connectivity index (χ4n) is 3.15. The lowest BCUT2D eigenvalue weighted by atomic mass is 10.1. The van der Waals surface area contributed by atoms with Crippen LogP contribution >= 0.6 is 0 Å². The molecule has 1 aliphatic rings. The molecule has 6 heteroatoms. The monoisotopic (exact) mass is 340 g/mol. The van der Waals surface area contributed by atoms with Crippen LogP contribution < -0.4 is 10.6 Å². The minimum atomic E-state index is 0.644. The molecule has 0 amide bonds. The second-order valence-electron chi connectivity index (χ2n) is 6.77. The van der Waals surface area contributed by atoms with E-state index < -0.39 is 0 Å². The second-order valence-corrected chi connectivity index (χ2v) is 6.77. The summed E-state index contributed by atoms with van der Waals surface area (Å²) >= 11 is 0. The van der Waals surface area contributed by atoms with Crippen LogP contribution in [0.3, 0.4) is 0 Å². The van der Waals surface area contributed by atoms with Crippen LogP contribution in [-0.4, -0.2) is 59.0 Å². The topological polar surface area (TPSA) is 56.3 Å². The van der Waals surface area contributed by atoms with Crippen molar-refractivity contribution in [3.63, 3.8) is 0 Å². The van der Waals surface area contributed by atoms with Crippen LogP contribution in [0, 0.1) is 0 Å². The minimum absolute atomic E-state index is 0.644. The summed E-state index contributed by atoms with van der Waals surface area (Å²) in [5.41, 5.74) is 2.38. The highest BCUT2D eigenvalue weighted by atomic mass is 15.3. The van der Waals surface area contributed by atoms with Crippen molar-refractivity contribution in [2.75, 3.05) is 43.9 Å². The number of nitrogens with zero attached hydrogens (tertiary/aromatic N) is 4. The van der Waals surface area contributed by atoms with Crippen molar-refractivity contribution >= 4 is 17.3 Å². The van der Waals surface area contributed by atoms with Crippen molar-refractivity contribution in [3.05, 3.63) is 42.2 Å². The summed E-state index contributed by atoms with van der Waals surface area (Å²) in [6.45, 7) is 10.1. The summed E-state index contributed by atoms with van der Waals surface area (Å²) in [4.78, 5) is 13.5. The zero-order valence-electron chi connectivity index (χ0n) is 15.4. The van der Waals surface area contributed by atoms with Crippen LogP contribution in [0.5, 0.6) is 0 Å². The summed E-state index contributed by atoms with van der Waals surface area (Å²) in [7, 11) is 1.85. The Morgan fingerprint density at radius 1 is 1.04 bits per heavy atom. The maximum Gasteiger partial charge on any atom is 0.135 e. The molecule has 1 fully saturated rings. The van der Waals surface area contributed by atoms with Crippen molar-refractivity contribution < 1.29 is 0 Å². The molecule has 6 nitrogen and oxygen atoms in total. The number of aromatic nitrogens is 2. The van der Waals surface area contributed by atoms with Gasteiger partial charge in [0, 0.05) is 57.6 Å². The van der Waals surface area contributed by atoms with Crippen LogP contribution in [-0.2, 0) is 6.54 Å². The molecule has 0 saturated carbocycles. The highest BCUT2D eigenvalue weighted by molar-refractivity contribution is 5.59. The van der Waals surface area contributed by atoms with Crippen LogP contribution in [0.15, 0.2) is 36.7 Å². The molecule has 25 heavy (non-hydrogen) atoms. The fourth-order valence-corrected chi connectivity index (χ4v) is 3.15. The van der Waals surface area contributed by atoms with Crippen molar-refractivity contribution in [2.45, 2.75) is 26.4 Å². The molecule has 0 spiro atoms. The molecule has 1 aromatic carbocycles. The van der Waals surface area contributed by atoms with E-state index in [1.54, 1.807) is 6.33 Å². The summed E-state index contributed by atoms with van der Waals surface area (Å²) in [6.07, 6.45) is 1.56. The lowest BCUT2D eigenvalue weighted by Gasteiger charge is -2.37. The van der Waals surface area contributed by atoms with Gasteiger partial charge in [0.05, 0.1) is 0 Å². The Morgan fingerprint density at radius 3 is 2.52 bits per heavy atom. The number of hydrogen-bond acceptors (Lipinski definition) is 6. The third-order valence-corrected chi connectivity index (χ3v) is 4.67. The maximum atomic E-state index is 4.27. The van der Waals surface area contributed by atoms with Crippen molar-refractivity contribution in [3.8, 4) is 0 Å². The molecule has 1 aromatic heterocycles. The molecule has 134 valence electrons. The van der Waals surface area contributed by atoms with Crippen molar-refractivity contribution in [1.29, 1.82) is 0 Å². The van der Waals surface area contributed by atoms with Gasteiger partial charge in [-0.25, -0.2) is 9.97 Å². The fraction of sp³-hybridized carbons (Fsp3) is 0.474. The SMILES string of the molecule is CNc1cc(Nc2cccc(CN3CCN(C(C)C)CC3)c2)ncn1. The van der Waals surface area contributed by atoms with E-state index >= 15 is 0 Å². The minimum Gasteiger partial charge on any atom is -0.373 e. The van der Waals surface area contributed by atoms with E-state index in [0.29, 0.717) is 6.04 Å². The molecule has 1 saturated heterocycles. The van der Waals surface area contributed by atoms with E-state index in [2.05, 4.69) is 68.5 Å². The molecule has 0 radical (unpaired) electrons. The largest absolute Gasteiger partial charge is 0.373 e. The quantitative estimate of drug-likeness (QED) is 0.843. The van der Waals surface area contributed by atoms with Gasteiger partial charge in [-0.3, -0.25) is 9.80 Å². The molecule has 3 rings (SSSR count). The van der Waals surface area contributed by atoms with Gasteiger partial charge in [-0.1, -0.05) is 12.1 Å². The first-order valence-corrected chi connectivity index (χ1v) is 8.96. The molecule has 0 bridgehead atoms. The zero-order valence-corrected chi connectivity index (χ0v) is 15.4. The molecule has 2 aromatic rings. The standard InChI is InChI=1S/C19H28N6/c1-15(2)25-9-7-24(8-10-25)13-16-5-4-6-17(11-16)23-19-12-18(20-3)21-14-22-19/h4-6,11-12,14-15H,7-10,13H2,1-3H3,(H2,20,21,22,23). The summed E-state index contributed by atoms with van der Waals surface area (Å²) in [5.74, 6) is 1.60. The van der Waals surface area contributed by atoms with Gasteiger partial charge in [0.15, 0.2) is 0 Å². The van der Waals surface area contributed by atoms with Crippen molar-refractivity contribution in [2.24, 2.45) is 0 Å². The highest BCUT2D eigenvalue weighted by Gasteiger charge is 2.18. The number of rotatable bonds is 6. The number of anilines is 3. The van der Waals surface area contributed by atoms with Crippen molar-refractivity contribution in [1.82, 2.24) is 19.8 Å². The Balaban J connectivity index is 1.60. The molecular weight excluding hydrogens is 312 g/mol. The van der Waals surface area contributed by atoms with Gasteiger partial charge in [0.1, 0.15) is 18.0 Å². The van der Waals surface area contributed by atoms with Crippen LogP contribution in [0.4, 0.5) is 17.3 Å². The van der Waals surface area contributed by atoms with E-state index in [1.165, 1.54) is 5.56 Å². The van der Waals surface area contributed by atoms with Crippen LogP contribution in [0.25, 0.3) is 0 Å². The van der Waals surface area contributed by atoms with E-state index in [-0.39, 0.29) is 0 Å². The number of piperazine rings is 1. The molecule has 1 aliphatic heterocycles. The third-order valence-electron chi connectivity index (χ3n) is 4.67. The predicted octanol–water partition coefficient (Wildman–Crippen LogP) is 2.79. The van der Waals surface area contributed by atoms with Crippen LogP contribution in [0.2, 0.25) is 0 Å². The van der Waals surface area contributed by atoms with Gasteiger partial charge >= 0.3 is 0 Å². The summed E-state index contributed by atoms with van der Waals surface area (Å²) < 4.78 is 0. The normalized spacial score (nSPS) is 16.2. The van der Waals surface area contributed by atoms with E-state index in [9.17, 15) is 0 Å². The van der Waals surface area contributed by atoms with Gasteiger partial charge in [0.25, 0.3) is 0 Å².